The molecule has 0 N–H and O–H groups in total. The average molecular weight is 761 g/mol. The predicted octanol–water partition coefficient (Wildman–Crippen LogP) is 10.1. The molecule has 1 aliphatic rings. The first-order valence-electron chi connectivity index (χ1n) is 14.7. The molecule has 1 aliphatic carbocycles. The first-order valence-corrected chi connectivity index (χ1v) is 19.0. The summed E-state index contributed by atoms with van der Waals surface area (Å²) in [5.74, 6) is 0.736. The summed E-state index contributed by atoms with van der Waals surface area (Å²) in [5.41, 5.74) is 5.65. The van der Waals surface area contributed by atoms with Gasteiger partial charge >= 0.3 is 0 Å². The Balaban J connectivity index is 0.000000169. The van der Waals surface area contributed by atoms with Crippen molar-refractivity contribution in [3.8, 4) is 22.5 Å². The van der Waals surface area contributed by atoms with E-state index in [1.165, 1.54) is 63.0 Å². The zero-order valence-electron chi connectivity index (χ0n) is 24.5. The van der Waals surface area contributed by atoms with Gasteiger partial charge in [0, 0.05) is 45.3 Å². The maximum atomic E-state index is 4.59. The topological polar surface area (TPSA) is 25.8 Å². The van der Waals surface area contributed by atoms with E-state index in [4.69, 9.17) is 0 Å². The predicted molar refractivity (Wildman–Crippen MR) is 179 cm³/mol. The molecular weight excluding hydrogens is 725 g/mol. The van der Waals surface area contributed by atoms with Gasteiger partial charge in [-0.2, -0.15) is 11.3 Å². The molecule has 0 unspecified atom stereocenters. The van der Waals surface area contributed by atoms with Crippen LogP contribution in [0.3, 0.4) is 0 Å². The molecule has 1 radical (unpaired) electrons. The van der Waals surface area contributed by atoms with Gasteiger partial charge in [-0.3, -0.25) is 0 Å². The van der Waals surface area contributed by atoms with Crippen molar-refractivity contribution in [2.24, 2.45) is 0 Å². The standard InChI is InChI=1S/C20H18NSSi.C17H18N.Ir/c1-23(2,3)18-12-11-14(16-9-6-7-13-21-16)20-19(18)15-8-4-5-10-17(15)22-20;1-3-7-14(8-4-1)16-11-12-17(18-13-16)15-9-5-2-6-10-15;/h4-10,12-13H,1-3H3;2,5-6,9,11-14H,1,3-4,7-8H2;/q2*-1;. The van der Waals surface area contributed by atoms with Gasteiger partial charge in [-0.05, 0) is 57.9 Å². The molecule has 0 amide bonds. The molecule has 0 saturated heterocycles. The Hall–Kier alpha value is -2.95. The Bertz CT molecular complexity index is 1740. The molecule has 3 aromatic heterocycles. The largest absolute Gasteiger partial charge is 0.305 e. The minimum atomic E-state index is -1.45. The minimum absolute atomic E-state index is 0. The number of benzene rings is 3. The van der Waals surface area contributed by atoms with E-state index in [0.29, 0.717) is 0 Å². The van der Waals surface area contributed by atoms with Crippen LogP contribution in [0.4, 0.5) is 0 Å². The maximum Gasteiger partial charge on any atom is 0.0300 e. The van der Waals surface area contributed by atoms with Crippen LogP contribution in [0.2, 0.25) is 19.6 Å². The van der Waals surface area contributed by atoms with Crippen LogP contribution in [-0.2, 0) is 20.1 Å². The summed E-state index contributed by atoms with van der Waals surface area (Å²) in [7, 11) is -1.45. The first kappa shape index (κ1) is 30.5. The van der Waals surface area contributed by atoms with Gasteiger partial charge < -0.3 is 9.97 Å². The average Bonchev–Trinajstić information content (AvgIpc) is 3.41. The zero-order chi connectivity index (χ0) is 28.2. The number of hydrogen-bond donors (Lipinski definition) is 0. The van der Waals surface area contributed by atoms with Gasteiger partial charge in [-0.1, -0.05) is 86.8 Å². The van der Waals surface area contributed by atoms with Crippen LogP contribution in [0.25, 0.3) is 42.7 Å². The molecule has 0 spiro atoms. The quantitative estimate of drug-likeness (QED) is 0.132. The van der Waals surface area contributed by atoms with Gasteiger partial charge in [-0.25, -0.2) is 0 Å². The van der Waals surface area contributed by atoms with Crippen molar-refractivity contribution in [1.29, 1.82) is 0 Å². The van der Waals surface area contributed by atoms with E-state index < -0.39 is 8.07 Å². The first-order chi connectivity index (χ1) is 20.0. The van der Waals surface area contributed by atoms with Crippen LogP contribution in [-0.4, -0.2) is 18.0 Å². The van der Waals surface area contributed by atoms with Crippen LogP contribution in [0, 0.1) is 12.1 Å². The summed E-state index contributed by atoms with van der Waals surface area (Å²) in [5, 5.41) is 4.28. The molecule has 215 valence electrons. The van der Waals surface area contributed by atoms with Gasteiger partial charge in [0.2, 0.25) is 0 Å². The van der Waals surface area contributed by atoms with E-state index in [2.05, 4.69) is 103 Å². The molecule has 6 aromatic rings. The smallest absolute Gasteiger partial charge is 0.0300 e. The summed E-state index contributed by atoms with van der Waals surface area (Å²) in [6.07, 6.45) is 10.7. The second kappa shape index (κ2) is 13.6. The second-order valence-electron chi connectivity index (χ2n) is 11.9. The number of nitrogens with zero attached hydrogens (tertiary/aromatic N) is 2. The third kappa shape index (κ3) is 6.66. The third-order valence-corrected chi connectivity index (χ3v) is 11.2. The summed E-state index contributed by atoms with van der Waals surface area (Å²) in [6.45, 7) is 7.22. The van der Waals surface area contributed by atoms with E-state index in [1.54, 1.807) is 0 Å². The Morgan fingerprint density at radius 3 is 2.26 bits per heavy atom. The van der Waals surface area contributed by atoms with Crippen LogP contribution >= 0.6 is 11.3 Å². The van der Waals surface area contributed by atoms with Gasteiger partial charge in [0.05, 0.1) is 0 Å². The Morgan fingerprint density at radius 1 is 0.786 bits per heavy atom. The normalized spacial score (nSPS) is 13.8. The van der Waals surface area contributed by atoms with Crippen molar-refractivity contribution in [1.82, 2.24) is 9.97 Å². The minimum Gasteiger partial charge on any atom is -0.305 e. The van der Waals surface area contributed by atoms with Crippen molar-refractivity contribution in [3.63, 3.8) is 0 Å². The Kier molecular flexibility index (Phi) is 9.85. The van der Waals surface area contributed by atoms with E-state index in [9.17, 15) is 0 Å². The molecule has 0 atom stereocenters. The fraction of sp³-hybridized carbons (Fsp3) is 0.243. The van der Waals surface area contributed by atoms with Crippen molar-refractivity contribution >= 4 is 44.8 Å². The Labute approximate surface area is 268 Å². The molecule has 2 nitrogen and oxygen atoms in total. The molecular formula is C37H36IrN2SSi-2. The third-order valence-electron chi connectivity index (χ3n) is 8.03. The van der Waals surface area contributed by atoms with E-state index in [-0.39, 0.29) is 20.1 Å². The van der Waals surface area contributed by atoms with Gasteiger partial charge in [0.1, 0.15) is 0 Å². The van der Waals surface area contributed by atoms with E-state index in [1.807, 2.05) is 47.9 Å². The molecule has 5 heteroatoms. The van der Waals surface area contributed by atoms with Crippen molar-refractivity contribution < 1.29 is 20.1 Å². The summed E-state index contributed by atoms with van der Waals surface area (Å²) >= 11 is 1.86. The number of thiophene rings is 1. The SMILES string of the molecule is C[Si](C)(C)c1c[c-]c(-c2ccccn2)c2sc3ccccc3c12.[Ir].[c-]1ccccc1-c1ccc(C2CCCCC2)cn1. The maximum absolute atomic E-state index is 4.59. The van der Waals surface area contributed by atoms with Crippen molar-refractivity contribution in [3.05, 3.63) is 115 Å². The summed E-state index contributed by atoms with van der Waals surface area (Å²) < 4.78 is 2.67. The molecule has 42 heavy (non-hydrogen) atoms. The number of aromatic nitrogens is 2. The molecule has 1 fully saturated rings. The van der Waals surface area contributed by atoms with Gasteiger partial charge in [0.25, 0.3) is 0 Å². The molecule has 0 bridgehead atoms. The number of hydrogen-bond acceptors (Lipinski definition) is 3. The van der Waals surface area contributed by atoms with Crippen LogP contribution in [0.15, 0.2) is 97.3 Å². The fourth-order valence-corrected chi connectivity index (χ4v) is 8.70. The Morgan fingerprint density at radius 2 is 1.57 bits per heavy atom. The summed E-state index contributed by atoms with van der Waals surface area (Å²) in [4.78, 5) is 9.14. The van der Waals surface area contributed by atoms with E-state index in [0.717, 1.165) is 28.4 Å². The number of rotatable bonds is 4. The molecule has 7 rings (SSSR count). The molecule has 0 aliphatic heterocycles. The second-order valence-corrected chi connectivity index (χ2v) is 18.0. The number of pyridine rings is 2. The van der Waals surface area contributed by atoms with Gasteiger partial charge in [0.15, 0.2) is 0 Å². The number of fused-ring (bicyclic) bond motifs is 3. The summed E-state index contributed by atoms with van der Waals surface area (Å²) in [6, 6.07) is 36.2. The van der Waals surface area contributed by atoms with Crippen molar-refractivity contribution in [2.75, 3.05) is 0 Å². The van der Waals surface area contributed by atoms with Crippen LogP contribution < -0.4 is 5.19 Å². The van der Waals surface area contributed by atoms with Crippen LogP contribution in [0.5, 0.6) is 0 Å². The van der Waals surface area contributed by atoms with Crippen molar-refractivity contribution in [2.45, 2.75) is 57.7 Å². The monoisotopic (exact) mass is 761 g/mol. The molecule has 3 heterocycles. The van der Waals surface area contributed by atoms with Gasteiger partial charge in [-0.15, -0.1) is 58.8 Å². The molecule has 1 saturated carbocycles. The molecule has 3 aromatic carbocycles. The fourth-order valence-electron chi connectivity index (χ4n) is 5.86. The van der Waals surface area contributed by atoms with E-state index >= 15 is 0 Å². The van der Waals surface area contributed by atoms with Crippen LogP contribution in [0.1, 0.15) is 43.6 Å². The zero-order valence-corrected chi connectivity index (χ0v) is 28.7.